The van der Waals surface area contributed by atoms with Crippen LogP contribution in [0.25, 0.3) is 0 Å². The molecule has 1 rings (SSSR count). The number of hydrogen-bond acceptors (Lipinski definition) is 2. The summed E-state index contributed by atoms with van der Waals surface area (Å²) >= 11 is 11.2. The Balaban J connectivity index is 2.87. The van der Waals surface area contributed by atoms with Crippen molar-refractivity contribution in [1.82, 2.24) is 4.31 Å². The monoisotopic (exact) mass is 281 g/mol. The first-order valence-electron chi connectivity index (χ1n) is 4.78. The predicted molar refractivity (Wildman–Crippen MR) is 67.2 cm³/mol. The Morgan fingerprint density at radius 1 is 1.38 bits per heavy atom. The third-order valence-corrected chi connectivity index (χ3v) is 4.64. The lowest BCUT2D eigenvalue weighted by Gasteiger charge is -2.18. The fourth-order valence-electron chi connectivity index (χ4n) is 1.31. The quantitative estimate of drug-likeness (QED) is 0.779. The van der Waals surface area contributed by atoms with Gasteiger partial charge in [0.2, 0.25) is 10.0 Å². The van der Waals surface area contributed by atoms with Crippen LogP contribution in [-0.4, -0.2) is 24.5 Å². The zero-order valence-corrected chi connectivity index (χ0v) is 11.2. The molecule has 0 N–H and O–H groups in total. The Hall–Kier alpha value is -0.290. The summed E-state index contributed by atoms with van der Waals surface area (Å²) in [6.45, 7) is 2.46. The van der Waals surface area contributed by atoms with Gasteiger partial charge in [-0.15, -0.1) is 11.6 Å². The lowest BCUT2D eigenvalue weighted by atomic mass is 10.2. The smallest absolute Gasteiger partial charge is 0.211 e. The Labute approximate surface area is 106 Å². The summed E-state index contributed by atoms with van der Waals surface area (Å²) in [6, 6.07) is 7.11. The maximum absolute atomic E-state index is 11.6. The van der Waals surface area contributed by atoms with Crippen LogP contribution in [0.3, 0.4) is 0 Å². The molecule has 0 saturated carbocycles. The minimum absolute atomic E-state index is 0.298. The molecule has 0 unspecified atom stereocenters. The highest BCUT2D eigenvalue weighted by atomic mass is 35.5. The van der Waals surface area contributed by atoms with Crippen molar-refractivity contribution in [1.29, 1.82) is 0 Å². The van der Waals surface area contributed by atoms with E-state index in [2.05, 4.69) is 0 Å². The van der Waals surface area contributed by atoms with E-state index in [4.69, 9.17) is 23.2 Å². The normalized spacial score (nSPS) is 12.0. The summed E-state index contributed by atoms with van der Waals surface area (Å²) in [5.74, 6) is 0. The molecule has 0 heterocycles. The van der Waals surface area contributed by atoms with Gasteiger partial charge in [-0.25, -0.2) is 8.42 Å². The van der Waals surface area contributed by atoms with Crippen LogP contribution >= 0.6 is 23.2 Å². The molecule has 6 heteroatoms. The van der Waals surface area contributed by atoms with Crippen LogP contribution in [0, 0.1) is 0 Å². The minimum Gasteiger partial charge on any atom is -0.211 e. The maximum atomic E-state index is 11.6. The maximum Gasteiger partial charge on any atom is 0.228 e. The van der Waals surface area contributed by atoms with Crippen LogP contribution < -0.4 is 0 Å². The van der Waals surface area contributed by atoms with Crippen LogP contribution in [0.2, 0.25) is 5.02 Å². The lowest BCUT2D eigenvalue weighted by molar-refractivity contribution is 0.427. The minimum atomic E-state index is -3.37. The molecule has 0 aliphatic rings. The van der Waals surface area contributed by atoms with Gasteiger partial charge in [-0.05, 0) is 17.7 Å². The molecular formula is C10H13Cl2NO2S. The van der Waals surface area contributed by atoms with Gasteiger partial charge >= 0.3 is 0 Å². The summed E-state index contributed by atoms with van der Waals surface area (Å²) in [6.07, 6.45) is 0. The first-order chi connectivity index (χ1) is 7.49. The summed E-state index contributed by atoms with van der Waals surface area (Å²) in [4.78, 5) is 0. The second-order valence-corrected chi connectivity index (χ2v) is 6.27. The Bertz CT molecular complexity index is 448. The molecule has 3 nitrogen and oxygen atoms in total. The van der Waals surface area contributed by atoms with E-state index in [1.165, 1.54) is 4.31 Å². The number of sulfonamides is 1. The van der Waals surface area contributed by atoms with Crippen LogP contribution in [-0.2, 0) is 16.6 Å². The first-order valence-corrected chi connectivity index (χ1v) is 7.30. The fourth-order valence-corrected chi connectivity index (χ4v) is 2.82. The van der Waals surface area contributed by atoms with E-state index in [1.807, 2.05) is 6.07 Å². The molecule has 90 valence electrons. The summed E-state index contributed by atoms with van der Waals surface area (Å²) in [5.41, 5.74) is 0.850. The molecule has 0 radical (unpaired) electrons. The Morgan fingerprint density at radius 3 is 2.56 bits per heavy atom. The molecular weight excluding hydrogens is 269 g/mol. The number of rotatable bonds is 5. The number of benzene rings is 1. The van der Waals surface area contributed by atoms with Crippen LogP contribution in [0.1, 0.15) is 12.5 Å². The van der Waals surface area contributed by atoms with Gasteiger partial charge in [-0.1, -0.05) is 30.7 Å². The molecule has 0 aromatic heterocycles. The highest BCUT2D eigenvalue weighted by Crippen LogP contribution is 2.15. The lowest BCUT2D eigenvalue weighted by Crippen LogP contribution is -2.31. The van der Waals surface area contributed by atoms with Crippen molar-refractivity contribution in [3.63, 3.8) is 0 Å². The molecule has 16 heavy (non-hydrogen) atoms. The molecule has 0 amide bonds. The van der Waals surface area contributed by atoms with Gasteiger partial charge in [-0.2, -0.15) is 4.31 Å². The molecule has 1 aromatic rings. The highest BCUT2D eigenvalue weighted by Gasteiger charge is 2.19. The predicted octanol–water partition coefficient (Wildman–Crippen LogP) is 2.69. The zero-order chi connectivity index (χ0) is 12.2. The molecule has 0 fully saturated rings. The van der Waals surface area contributed by atoms with Gasteiger partial charge in [0.1, 0.15) is 5.21 Å². The Kier molecular flexibility index (Phi) is 5.05. The Morgan fingerprint density at radius 2 is 2.06 bits per heavy atom. The van der Waals surface area contributed by atoms with E-state index >= 15 is 0 Å². The van der Waals surface area contributed by atoms with Gasteiger partial charge in [-0.3, -0.25) is 0 Å². The third-order valence-electron chi connectivity index (χ3n) is 2.13. The zero-order valence-electron chi connectivity index (χ0n) is 8.86. The van der Waals surface area contributed by atoms with E-state index in [9.17, 15) is 8.42 Å². The van der Waals surface area contributed by atoms with Crippen molar-refractivity contribution < 1.29 is 8.42 Å². The average molecular weight is 282 g/mol. The van der Waals surface area contributed by atoms with Crippen LogP contribution in [0.5, 0.6) is 0 Å². The standard InChI is InChI=1S/C10H13Cl2NO2S/c1-2-13(16(14,15)8-11)7-9-4-3-5-10(12)6-9/h3-6H,2,7-8H2,1H3. The van der Waals surface area contributed by atoms with Crippen molar-refractivity contribution in [3.8, 4) is 0 Å². The van der Waals surface area contributed by atoms with Crippen molar-refractivity contribution >= 4 is 33.2 Å². The number of halogens is 2. The summed E-state index contributed by atoms with van der Waals surface area (Å²) in [7, 11) is -3.37. The number of hydrogen-bond donors (Lipinski definition) is 0. The topological polar surface area (TPSA) is 37.4 Å². The SMILES string of the molecule is CCN(Cc1cccc(Cl)c1)S(=O)(=O)CCl. The van der Waals surface area contributed by atoms with E-state index < -0.39 is 15.2 Å². The fraction of sp³-hybridized carbons (Fsp3) is 0.400. The van der Waals surface area contributed by atoms with Crippen LogP contribution in [0.15, 0.2) is 24.3 Å². The van der Waals surface area contributed by atoms with Gasteiger partial charge in [0.25, 0.3) is 0 Å². The second kappa shape index (κ2) is 5.87. The second-order valence-electron chi connectivity index (χ2n) is 3.28. The van der Waals surface area contributed by atoms with E-state index in [1.54, 1.807) is 25.1 Å². The van der Waals surface area contributed by atoms with E-state index in [0.717, 1.165) is 5.56 Å². The summed E-state index contributed by atoms with van der Waals surface area (Å²) in [5, 5.41) is 0.193. The average Bonchev–Trinajstić information content (AvgIpc) is 2.25. The highest BCUT2D eigenvalue weighted by molar-refractivity contribution is 7.90. The molecule has 0 atom stereocenters. The summed E-state index contributed by atoms with van der Waals surface area (Å²) < 4.78 is 24.5. The van der Waals surface area contributed by atoms with Gasteiger partial charge in [0, 0.05) is 18.1 Å². The van der Waals surface area contributed by atoms with E-state index in [0.29, 0.717) is 18.1 Å². The molecule has 0 aliphatic carbocycles. The largest absolute Gasteiger partial charge is 0.228 e. The van der Waals surface area contributed by atoms with Crippen molar-refractivity contribution in [2.75, 3.05) is 11.8 Å². The van der Waals surface area contributed by atoms with Gasteiger partial charge in [0.15, 0.2) is 0 Å². The van der Waals surface area contributed by atoms with Crippen molar-refractivity contribution in [3.05, 3.63) is 34.9 Å². The molecule has 0 aliphatic heterocycles. The van der Waals surface area contributed by atoms with Crippen molar-refractivity contribution in [2.24, 2.45) is 0 Å². The van der Waals surface area contributed by atoms with Crippen molar-refractivity contribution in [2.45, 2.75) is 13.5 Å². The van der Waals surface area contributed by atoms with Crippen LogP contribution in [0.4, 0.5) is 0 Å². The van der Waals surface area contributed by atoms with E-state index in [-0.39, 0.29) is 0 Å². The van der Waals surface area contributed by atoms with Gasteiger partial charge < -0.3 is 0 Å². The number of alkyl halides is 1. The molecule has 0 bridgehead atoms. The molecule has 0 spiro atoms. The third kappa shape index (κ3) is 3.63. The number of nitrogens with zero attached hydrogens (tertiary/aromatic N) is 1. The molecule has 1 aromatic carbocycles. The first kappa shape index (κ1) is 13.8. The van der Waals surface area contributed by atoms with Gasteiger partial charge in [0.05, 0.1) is 0 Å². The molecule has 0 saturated heterocycles.